The van der Waals surface area contributed by atoms with Crippen LogP contribution in [-0.4, -0.2) is 37.0 Å². The second-order valence-corrected chi connectivity index (χ2v) is 5.27. The largest absolute Gasteiger partial charge is 0.467 e. The topological polar surface area (TPSA) is 108 Å². The van der Waals surface area contributed by atoms with E-state index in [0.29, 0.717) is 0 Å². The van der Waals surface area contributed by atoms with Crippen LogP contribution in [0.4, 0.5) is 0 Å². The van der Waals surface area contributed by atoms with E-state index in [1.54, 1.807) is 20.8 Å². The van der Waals surface area contributed by atoms with E-state index in [-0.39, 0.29) is 18.2 Å². The molecule has 0 heterocycles. The number of nitrogens with one attached hydrogen (secondary N) is 2. The van der Waals surface area contributed by atoms with Crippen molar-refractivity contribution >= 4 is 17.8 Å². The summed E-state index contributed by atoms with van der Waals surface area (Å²) in [5, 5.41) is 13.9. The van der Waals surface area contributed by atoms with E-state index in [4.69, 9.17) is 5.26 Å². The molecule has 0 saturated heterocycles. The summed E-state index contributed by atoms with van der Waals surface area (Å²) in [6, 6.07) is 0.349. The molecule has 0 aromatic heterocycles. The van der Waals surface area contributed by atoms with E-state index in [1.165, 1.54) is 14.0 Å². The Labute approximate surface area is 125 Å². The molecule has 0 rings (SSSR count). The van der Waals surface area contributed by atoms with Crippen molar-refractivity contribution in [2.75, 3.05) is 7.11 Å². The molecule has 2 amide bonds. The molecule has 0 unspecified atom stereocenters. The Morgan fingerprint density at radius 1 is 1.19 bits per heavy atom. The van der Waals surface area contributed by atoms with Crippen LogP contribution in [0, 0.1) is 23.2 Å². The summed E-state index contributed by atoms with van der Waals surface area (Å²) in [6.45, 7) is 6.53. The lowest BCUT2D eigenvalue weighted by Crippen LogP contribution is -2.53. The average Bonchev–Trinajstić information content (AvgIpc) is 2.42. The standard InChI is InChI=1S/C14H23N3O4/c1-8(2)12(16-10(4)18)13(19)17-11(14(20)21-5)6-9(3)7-15/h8-9,11-12H,6H2,1-5H3,(H,16,18)(H,17,19)/t9-,11-,12+/m0/s1. The van der Waals surface area contributed by atoms with Crippen molar-refractivity contribution in [1.82, 2.24) is 10.6 Å². The molecule has 0 aromatic carbocycles. The molecular formula is C14H23N3O4. The zero-order valence-electron chi connectivity index (χ0n) is 13.1. The molecule has 0 bridgehead atoms. The van der Waals surface area contributed by atoms with Gasteiger partial charge in [0.15, 0.2) is 0 Å². The molecule has 0 fully saturated rings. The summed E-state index contributed by atoms with van der Waals surface area (Å²) in [7, 11) is 1.21. The predicted octanol–water partition coefficient (Wildman–Crippen LogP) is 0.355. The van der Waals surface area contributed by atoms with Crippen LogP contribution in [0.5, 0.6) is 0 Å². The Morgan fingerprint density at radius 3 is 2.14 bits per heavy atom. The van der Waals surface area contributed by atoms with Gasteiger partial charge in [0, 0.05) is 12.8 Å². The maximum Gasteiger partial charge on any atom is 0.328 e. The smallest absolute Gasteiger partial charge is 0.328 e. The number of amides is 2. The molecule has 0 aromatic rings. The number of carbonyl (C=O) groups excluding carboxylic acids is 3. The van der Waals surface area contributed by atoms with Gasteiger partial charge in [0.1, 0.15) is 12.1 Å². The van der Waals surface area contributed by atoms with Crippen LogP contribution in [0.3, 0.4) is 0 Å². The van der Waals surface area contributed by atoms with Gasteiger partial charge in [-0.1, -0.05) is 13.8 Å². The highest BCUT2D eigenvalue weighted by atomic mass is 16.5. The first kappa shape index (κ1) is 18.9. The van der Waals surface area contributed by atoms with Gasteiger partial charge in [-0.25, -0.2) is 4.79 Å². The summed E-state index contributed by atoms with van der Waals surface area (Å²) >= 11 is 0. The van der Waals surface area contributed by atoms with Crippen LogP contribution in [-0.2, 0) is 19.1 Å². The van der Waals surface area contributed by atoms with Crippen molar-refractivity contribution in [3.63, 3.8) is 0 Å². The van der Waals surface area contributed by atoms with Crippen molar-refractivity contribution in [3.05, 3.63) is 0 Å². The maximum absolute atomic E-state index is 12.2. The third-order valence-corrected chi connectivity index (χ3v) is 2.92. The average molecular weight is 297 g/mol. The summed E-state index contributed by atoms with van der Waals surface area (Å²) < 4.78 is 4.63. The molecule has 118 valence electrons. The third-order valence-electron chi connectivity index (χ3n) is 2.92. The van der Waals surface area contributed by atoms with Crippen LogP contribution in [0.25, 0.3) is 0 Å². The molecule has 21 heavy (non-hydrogen) atoms. The summed E-state index contributed by atoms with van der Waals surface area (Å²) in [5.74, 6) is -1.96. The fraction of sp³-hybridized carbons (Fsp3) is 0.714. The van der Waals surface area contributed by atoms with Crippen LogP contribution in [0.15, 0.2) is 0 Å². The number of esters is 1. The van der Waals surface area contributed by atoms with Gasteiger partial charge in [0.25, 0.3) is 0 Å². The molecule has 3 atom stereocenters. The summed E-state index contributed by atoms with van der Waals surface area (Å²) in [4.78, 5) is 35.0. The predicted molar refractivity (Wildman–Crippen MR) is 75.8 cm³/mol. The number of ether oxygens (including phenoxy) is 1. The minimum absolute atomic E-state index is 0.138. The van der Waals surface area contributed by atoms with E-state index in [0.717, 1.165) is 0 Å². The number of nitrogens with zero attached hydrogens (tertiary/aromatic N) is 1. The lowest BCUT2D eigenvalue weighted by molar-refractivity contribution is -0.146. The van der Waals surface area contributed by atoms with E-state index < -0.39 is 29.9 Å². The molecule has 0 aliphatic heterocycles. The van der Waals surface area contributed by atoms with Crippen LogP contribution in [0.1, 0.15) is 34.1 Å². The van der Waals surface area contributed by atoms with Gasteiger partial charge in [-0.05, 0) is 19.3 Å². The molecule has 0 aliphatic rings. The fourth-order valence-electron chi connectivity index (χ4n) is 1.78. The molecule has 7 nitrogen and oxygen atoms in total. The monoisotopic (exact) mass is 297 g/mol. The zero-order chi connectivity index (χ0) is 16.6. The number of hydrogen-bond acceptors (Lipinski definition) is 5. The molecule has 0 saturated carbocycles. The molecule has 7 heteroatoms. The van der Waals surface area contributed by atoms with Crippen molar-refractivity contribution in [1.29, 1.82) is 5.26 Å². The first-order valence-electron chi connectivity index (χ1n) is 6.77. The third kappa shape index (κ3) is 6.75. The summed E-state index contributed by atoms with van der Waals surface area (Å²) in [5.41, 5.74) is 0. The zero-order valence-corrected chi connectivity index (χ0v) is 13.1. The van der Waals surface area contributed by atoms with E-state index >= 15 is 0 Å². The molecule has 2 N–H and O–H groups in total. The fourth-order valence-corrected chi connectivity index (χ4v) is 1.78. The number of nitriles is 1. The maximum atomic E-state index is 12.2. The van der Waals surface area contributed by atoms with Crippen molar-refractivity contribution in [3.8, 4) is 6.07 Å². The van der Waals surface area contributed by atoms with E-state index in [1.807, 2.05) is 6.07 Å². The Balaban J connectivity index is 4.96. The number of hydrogen-bond donors (Lipinski definition) is 2. The highest BCUT2D eigenvalue weighted by molar-refractivity contribution is 5.90. The normalized spacial score (nSPS) is 14.5. The quantitative estimate of drug-likeness (QED) is 0.659. The first-order valence-corrected chi connectivity index (χ1v) is 6.77. The van der Waals surface area contributed by atoms with Crippen LogP contribution < -0.4 is 10.6 Å². The minimum atomic E-state index is -0.910. The van der Waals surface area contributed by atoms with E-state index in [2.05, 4.69) is 15.4 Å². The minimum Gasteiger partial charge on any atom is -0.467 e. The lowest BCUT2D eigenvalue weighted by Gasteiger charge is -2.24. The lowest BCUT2D eigenvalue weighted by atomic mass is 10.00. The van der Waals surface area contributed by atoms with Gasteiger partial charge in [-0.2, -0.15) is 5.26 Å². The number of rotatable bonds is 7. The number of carbonyl (C=O) groups is 3. The Morgan fingerprint density at radius 2 is 1.76 bits per heavy atom. The second kappa shape index (κ2) is 8.95. The van der Waals surface area contributed by atoms with Gasteiger partial charge < -0.3 is 15.4 Å². The summed E-state index contributed by atoms with van der Waals surface area (Å²) in [6.07, 6.45) is 0.153. The Hall–Kier alpha value is -2.10. The van der Waals surface area contributed by atoms with Crippen molar-refractivity contribution in [2.24, 2.45) is 11.8 Å². The van der Waals surface area contributed by atoms with Gasteiger partial charge in [0.2, 0.25) is 11.8 Å². The van der Waals surface area contributed by atoms with Crippen LogP contribution in [0.2, 0.25) is 0 Å². The van der Waals surface area contributed by atoms with Gasteiger partial charge in [0.05, 0.1) is 13.2 Å². The van der Waals surface area contributed by atoms with Gasteiger partial charge >= 0.3 is 5.97 Å². The first-order chi connectivity index (χ1) is 9.72. The van der Waals surface area contributed by atoms with Crippen molar-refractivity contribution in [2.45, 2.75) is 46.2 Å². The molecule has 0 radical (unpaired) electrons. The highest BCUT2D eigenvalue weighted by Gasteiger charge is 2.29. The van der Waals surface area contributed by atoms with Gasteiger partial charge in [-0.3, -0.25) is 9.59 Å². The Bertz CT molecular complexity index is 428. The van der Waals surface area contributed by atoms with E-state index in [9.17, 15) is 14.4 Å². The second-order valence-electron chi connectivity index (χ2n) is 5.27. The molecule has 0 spiro atoms. The van der Waals surface area contributed by atoms with Crippen molar-refractivity contribution < 1.29 is 19.1 Å². The van der Waals surface area contributed by atoms with Crippen LogP contribution >= 0.6 is 0 Å². The SMILES string of the molecule is COC(=O)[C@H](C[C@H](C)C#N)NC(=O)[C@H](NC(C)=O)C(C)C. The molecular weight excluding hydrogens is 274 g/mol. The van der Waals surface area contributed by atoms with Gasteiger partial charge in [-0.15, -0.1) is 0 Å². The number of methoxy groups -OCH3 is 1. The highest BCUT2D eigenvalue weighted by Crippen LogP contribution is 2.08. The Kier molecular flexibility index (Phi) is 8.06. The molecule has 0 aliphatic carbocycles.